The molecule has 0 spiro atoms. The van der Waals surface area contributed by atoms with Crippen LogP contribution in [0.2, 0.25) is 5.02 Å². The molecule has 12 saturated carbocycles. The molecule has 0 amide bonds. The van der Waals surface area contributed by atoms with Crippen molar-refractivity contribution in [1.29, 1.82) is 0 Å². The van der Waals surface area contributed by atoms with Gasteiger partial charge in [-0.05, 0) is 325 Å². The third kappa shape index (κ3) is 11.3. The number of piperidine rings is 2. The maximum atomic E-state index is 6.20. The lowest BCUT2D eigenvalue weighted by Gasteiger charge is -2.64. The minimum atomic E-state index is 0.385. The molecule has 2 saturated heterocycles. The van der Waals surface area contributed by atoms with Gasteiger partial charge in [0.25, 0.3) is 0 Å². The Labute approximate surface area is 469 Å². The molecular weight excluding hydrogens is 1000 g/mol. The fraction of sp³-hybridized carbons (Fsp3) is 0.735. The van der Waals surface area contributed by atoms with Gasteiger partial charge >= 0.3 is 0 Å². The molecule has 2 aliphatic heterocycles. The van der Waals surface area contributed by atoms with E-state index >= 15 is 0 Å². The van der Waals surface area contributed by atoms with Gasteiger partial charge in [0, 0.05) is 39.7 Å². The summed E-state index contributed by atoms with van der Waals surface area (Å²) in [5.41, 5.74) is 7.15. The number of rotatable bonds is 13. The van der Waals surface area contributed by atoms with Gasteiger partial charge in [0.2, 0.25) is 0 Å². The molecule has 12 bridgehead atoms. The van der Waals surface area contributed by atoms with Crippen LogP contribution in [-0.2, 0) is 17.3 Å². The summed E-state index contributed by atoms with van der Waals surface area (Å²) in [5.74, 6) is 7.01. The quantitative estimate of drug-likeness (QED) is 0.159. The lowest BCUT2D eigenvalue weighted by Crippen LogP contribution is -2.61. The Morgan fingerprint density at radius 1 is 0.493 bits per heavy atom. The van der Waals surface area contributed by atoms with Crippen LogP contribution < -0.4 is 16.0 Å². The van der Waals surface area contributed by atoms with Crippen molar-refractivity contribution >= 4 is 27.5 Å². The number of nitrogens with zero attached hydrogens (tertiary/aromatic N) is 2. The maximum absolute atomic E-state index is 6.20. The van der Waals surface area contributed by atoms with Gasteiger partial charge in [-0.3, -0.25) is 0 Å². The zero-order valence-electron chi connectivity index (χ0n) is 47.4. The van der Waals surface area contributed by atoms with Gasteiger partial charge in [-0.2, -0.15) is 0 Å². The van der Waals surface area contributed by atoms with E-state index in [1.54, 1.807) is 49.7 Å². The monoisotopic (exact) mass is 1100 g/mol. The highest BCUT2D eigenvalue weighted by molar-refractivity contribution is 9.10. The second-order valence-electron chi connectivity index (χ2n) is 29.3. The van der Waals surface area contributed by atoms with Gasteiger partial charge < -0.3 is 25.8 Å². The lowest BCUT2D eigenvalue weighted by molar-refractivity contribution is -0.0903. The molecule has 2 heterocycles. The van der Waals surface area contributed by atoms with Crippen LogP contribution in [0.15, 0.2) is 83.3 Å². The van der Waals surface area contributed by atoms with Crippen molar-refractivity contribution in [3.63, 3.8) is 0 Å². The van der Waals surface area contributed by atoms with Crippen LogP contribution >= 0.6 is 27.5 Å². The Hall–Kier alpha value is -1.77. The lowest BCUT2D eigenvalue weighted by atomic mass is 9.41. The Morgan fingerprint density at radius 2 is 0.893 bits per heavy atom. The first kappa shape index (κ1) is 53.9. The largest absolute Gasteiger partial charge is 0.313 e. The average molecular weight is 1100 g/mol. The van der Waals surface area contributed by atoms with Crippen molar-refractivity contribution in [2.75, 3.05) is 46.8 Å². The third-order valence-electron chi connectivity index (χ3n) is 24.1. The van der Waals surface area contributed by atoms with Crippen LogP contribution in [0, 0.1) is 57.7 Å². The molecule has 7 unspecified atom stereocenters. The predicted molar refractivity (Wildman–Crippen MR) is 318 cm³/mol. The van der Waals surface area contributed by atoms with Gasteiger partial charge in [0.1, 0.15) is 0 Å². The molecule has 75 heavy (non-hydrogen) atoms. The molecule has 12 aliphatic carbocycles. The molecule has 3 aromatic rings. The number of nitrogens with one attached hydrogen (secondary N) is 3. The molecule has 14 fully saturated rings. The van der Waals surface area contributed by atoms with Crippen LogP contribution in [0.4, 0.5) is 0 Å². The summed E-state index contributed by atoms with van der Waals surface area (Å²) < 4.78 is 1.16. The topological polar surface area (TPSA) is 42.6 Å². The summed E-state index contributed by atoms with van der Waals surface area (Å²) in [6, 6.07) is 32.7. The highest BCUT2D eigenvalue weighted by Crippen LogP contribution is 2.68. The van der Waals surface area contributed by atoms with Crippen molar-refractivity contribution < 1.29 is 0 Å². The van der Waals surface area contributed by atoms with Crippen molar-refractivity contribution in [3.05, 3.63) is 105 Å². The Balaban J connectivity index is 0.000000116. The molecule has 3 aromatic carbocycles. The van der Waals surface area contributed by atoms with E-state index in [0.717, 1.165) is 82.0 Å². The zero-order valence-corrected chi connectivity index (χ0v) is 49.7. The van der Waals surface area contributed by atoms with Gasteiger partial charge in [-0.15, -0.1) is 0 Å². The molecule has 0 radical (unpaired) electrons. The fourth-order valence-corrected chi connectivity index (χ4v) is 21.8. The summed E-state index contributed by atoms with van der Waals surface area (Å²) in [7, 11) is 4.53. The van der Waals surface area contributed by atoms with Crippen LogP contribution in [0.25, 0.3) is 0 Å². The second-order valence-corrected chi connectivity index (χ2v) is 30.7. The van der Waals surface area contributed by atoms with E-state index in [9.17, 15) is 0 Å². The smallest absolute Gasteiger partial charge is 0.0406 e. The van der Waals surface area contributed by atoms with E-state index in [0.29, 0.717) is 39.2 Å². The Morgan fingerprint density at radius 3 is 1.36 bits per heavy atom. The molecule has 7 heteroatoms. The van der Waals surface area contributed by atoms with E-state index in [-0.39, 0.29) is 0 Å². The second kappa shape index (κ2) is 21.9. The summed E-state index contributed by atoms with van der Waals surface area (Å²) in [6.45, 7) is 13.7. The van der Waals surface area contributed by atoms with Crippen LogP contribution in [-0.4, -0.2) is 86.8 Å². The summed E-state index contributed by atoms with van der Waals surface area (Å²) in [5, 5.41) is 13.0. The van der Waals surface area contributed by atoms with E-state index < -0.39 is 0 Å². The molecule has 17 rings (SSSR count). The van der Waals surface area contributed by atoms with Gasteiger partial charge in [0.05, 0.1) is 0 Å². The van der Waals surface area contributed by atoms with Gasteiger partial charge in [0.15, 0.2) is 0 Å². The molecule has 3 N–H and O–H groups in total. The minimum Gasteiger partial charge on any atom is -0.313 e. The summed E-state index contributed by atoms with van der Waals surface area (Å²) in [4.78, 5) is 4.96. The van der Waals surface area contributed by atoms with Crippen LogP contribution in [0.1, 0.15) is 179 Å². The van der Waals surface area contributed by atoms with E-state index in [2.05, 4.69) is 155 Å². The molecule has 14 aliphatic rings. The minimum absolute atomic E-state index is 0.385. The number of hydrogen-bond acceptors (Lipinski definition) is 5. The highest BCUT2D eigenvalue weighted by atomic mass is 79.9. The van der Waals surface area contributed by atoms with Crippen molar-refractivity contribution in [2.45, 2.75) is 209 Å². The van der Waals surface area contributed by atoms with Crippen molar-refractivity contribution in [3.8, 4) is 0 Å². The SMILES string of the molecule is CC(NC1CCN(C)CC1)C12CC3CC(CC(C3)C1)C2.CC(NC1CCN(C)CC1)C12CC3CC(CC(c4ccccc4)(C3)C1)C2.CC(NCCc1ccc(Br)cc1)C12CC3CC(CC(c4ccc(Cl)cc4)(C3)C1)C2. The molecule has 5 nitrogen and oxygen atoms in total. The summed E-state index contributed by atoms with van der Waals surface area (Å²) >= 11 is 9.73. The Kier molecular flexibility index (Phi) is 15.8. The van der Waals surface area contributed by atoms with E-state index in [1.165, 1.54) is 134 Å². The molecule has 0 aromatic heterocycles. The van der Waals surface area contributed by atoms with Gasteiger partial charge in [-0.25, -0.2) is 0 Å². The van der Waals surface area contributed by atoms with Gasteiger partial charge in [-0.1, -0.05) is 82.1 Å². The first-order chi connectivity index (χ1) is 36.2. The first-order valence-electron chi connectivity index (χ1n) is 31.3. The molecular formula is C68H99BrClN5. The number of halogens is 2. The standard InChI is InChI=1S/C26H31BrClN.C24H36N2.C18H32N2/c1-18(29-11-10-19-2-6-23(27)7-3-19)25-13-20-12-21(14-25)16-26(15-20,17-25)22-4-8-24(28)9-5-22;1-18(25-22-8-10-26(2)11-9-22)23-13-19-12-20(14-23)16-24(15-19,17-23)21-6-4-3-5-7-21;1-13(19-17-3-5-20(2)6-4-17)18-10-14-7-15(11-18)9-16(8-14)12-18/h2-9,18,20-21,29H,10-17H2,1H3;3-7,18-20,22,25H,8-17H2,1-2H3;13-17,19H,3-12H2,1-2H3. The third-order valence-corrected chi connectivity index (χ3v) is 24.9. The number of benzene rings is 3. The highest BCUT2D eigenvalue weighted by Gasteiger charge is 2.61. The number of hydrogen-bond donors (Lipinski definition) is 3. The zero-order chi connectivity index (χ0) is 51.6. The fourth-order valence-electron chi connectivity index (χ4n) is 21.4. The van der Waals surface area contributed by atoms with E-state index in [4.69, 9.17) is 11.6 Å². The number of likely N-dealkylation sites (tertiary alicyclic amines) is 2. The van der Waals surface area contributed by atoms with Crippen LogP contribution in [0.5, 0.6) is 0 Å². The van der Waals surface area contributed by atoms with Crippen molar-refractivity contribution in [2.24, 2.45) is 57.7 Å². The van der Waals surface area contributed by atoms with Crippen molar-refractivity contribution in [1.82, 2.24) is 25.8 Å². The first-order valence-corrected chi connectivity index (χ1v) is 32.5. The normalized spacial score (nSPS) is 39.9. The predicted octanol–water partition coefficient (Wildman–Crippen LogP) is 15.0. The molecule has 410 valence electrons. The Bertz CT molecular complexity index is 2290. The summed E-state index contributed by atoms with van der Waals surface area (Å²) in [6.07, 6.45) is 33.0. The maximum Gasteiger partial charge on any atom is 0.0406 e. The van der Waals surface area contributed by atoms with E-state index in [1.807, 2.05) is 0 Å². The average Bonchev–Trinajstić information content (AvgIpc) is 3.41. The van der Waals surface area contributed by atoms with Crippen LogP contribution in [0.3, 0.4) is 0 Å². The molecule has 7 atom stereocenters.